The van der Waals surface area contributed by atoms with Gasteiger partial charge >= 0.3 is 0 Å². The summed E-state index contributed by atoms with van der Waals surface area (Å²) in [5.41, 5.74) is 5.40. The van der Waals surface area contributed by atoms with E-state index in [1.54, 1.807) is 0 Å². The van der Waals surface area contributed by atoms with Gasteiger partial charge in [0.2, 0.25) is 0 Å². The number of nitrogens with zero attached hydrogens (tertiary/aromatic N) is 1. The van der Waals surface area contributed by atoms with Crippen molar-refractivity contribution in [1.29, 1.82) is 0 Å². The zero-order valence-electron chi connectivity index (χ0n) is 21.6. The highest BCUT2D eigenvalue weighted by Crippen LogP contribution is 2.34. The number of carbonyl (C=O) groups is 1. The van der Waals surface area contributed by atoms with Gasteiger partial charge in [0.25, 0.3) is 0 Å². The molecule has 0 unspecified atom stereocenters. The molecule has 35 heavy (non-hydrogen) atoms. The Bertz CT molecular complexity index is 947. The van der Waals surface area contributed by atoms with Crippen molar-refractivity contribution < 1.29 is 4.79 Å². The van der Waals surface area contributed by atoms with Gasteiger partial charge in [-0.25, -0.2) is 0 Å². The van der Waals surface area contributed by atoms with Crippen LogP contribution in [0.1, 0.15) is 99.9 Å². The molecule has 0 aromatic heterocycles. The fourth-order valence-corrected chi connectivity index (χ4v) is 4.71. The number of aldehydes is 1. The average molecular weight is 470 g/mol. The van der Waals surface area contributed by atoms with E-state index in [0.29, 0.717) is 5.56 Å². The minimum absolute atomic E-state index is 0.694. The van der Waals surface area contributed by atoms with Crippen LogP contribution in [0.25, 0.3) is 0 Å². The summed E-state index contributed by atoms with van der Waals surface area (Å²) in [4.78, 5) is 13.3. The molecule has 0 spiro atoms. The van der Waals surface area contributed by atoms with E-state index in [0.717, 1.165) is 29.8 Å². The fourth-order valence-electron chi connectivity index (χ4n) is 4.71. The molecule has 0 radical (unpaired) electrons. The smallest absolute Gasteiger partial charge is 0.150 e. The third-order valence-electron chi connectivity index (χ3n) is 6.82. The van der Waals surface area contributed by atoms with Crippen LogP contribution in [0.5, 0.6) is 0 Å². The van der Waals surface area contributed by atoms with Gasteiger partial charge in [-0.15, -0.1) is 0 Å². The van der Waals surface area contributed by atoms with E-state index >= 15 is 0 Å². The van der Waals surface area contributed by atoms with Crippen molar-refractivity contribution in [2.24, 2.45) is 0 Å². The van der Waals surface area contributed by atoms with Crippen molar-refractivity contribution >= 4 is 23.3 Å². The zero-order valence-corrected chi connectivity index (χ0v) is 21.6. The molecule has 0 N–H and O–H groups in total. The predicted octanol–water partition coefficient (Wildman–Crippen LogP) is 10.2. The molecule has 0 aliphatic heterocycles. The highest BCUT2D eigenvalue weighted by molar-refractivity contribution is 5.80. The predicted molar refractivity (Wildman–Crippen MR) is 151 cm³/mol. The van der Waals surface area contributed by atoms with Gasteiger partial charge in [0.1, 0.15) is 6.29 Å². The quantitative estimate of drug-likeness (QED) is 0.145. The molecule has 0 bridgehead atoms. The second kappa shape index (κ2) is 15.9. The molecule has 3 aromatic rings. The Balaban J connectivity index is 1.44. The van der Waals surface area contributed by atoms with Gasteiger partial charge in [-0.1, -0.05) is 108 Å². The fraction of sp³-hybridized carbons (Fsp3) is 0.424. The summed E-state index contributed by atoms with van der Waals surface area (Å²) in [6.45, 7) is 2.28. The summed E-state index contributed by atoms with van der Waals surface area (Å²) in [7, 11) is 0. The summed E-state index contributed by atoms with van der Waals surface area (Å²) >= 11 is 0. The van der Waals surface area contributed by atoms with Crippen molar-refractivity contribution in [3.63, 3.8) is 0 Å². The van der Waals surface area contributed by atoms with Gasteiger partial charge in [0.05, 0.1) is 0 Å². The lowest BCUT2D eigenvalue weighted by Gasteiger charge is -2.25. The first-order chi connectivity index (χ1) is 17.3. The molecule has 0 fully saturated rings. The van der Waals surface area contributed by atoms with Crippen molar-refractivity contribution in [3.05, 3.63) is 90.0 Å². The second-order valence-corrected chi connectivity index (χ2v) is 9.69. The van der Waals surface area contributed by atoms with Crippen LogP contribution in [0.3, 0.4) is 0 Å². The minimum Gasteiger partial charge on any atom is -0.311 e. The highest BCUT2D eigenvalue weighted by atomic mass is 16.1. The third kappa shape index (κ3) is 9.36. The molecule has 0 aliphatic rings. The van der Waals surface area contributed by atoms with E-state index in [1.807, 2.05) is 30.3 Å². The maximum Gasteiger partial charge on any atom is 0.150 e. The monoisotopic (exact) mass is 469 g/mol. The van der Waals surface area contributed by atoms with Crippen molar-refractivity contribution in [2.75, 3.05) is 4.90 Å². The van der Waals surface area contributed by atoms with Crippen LogP contribution in [-0.2, 0) is 6.42 Å². The van der Waals surface area contributed by atoms with Crippen molar-refractivity contribution in [2.45, 2.75) is 90.4 Å². The average Bonchev–Trinajstić information content (AvgIpc) is 2.91. The molecule has 2 nitrogen and oxygen atoms in total. The van der Waals surface area contributed by atoms with Crippen LogP contribution in [0.4, 0.5) is 17.1 Å². The summed E-state index contributed by atoms with van der Waals surface area (Å²) in [5, 5.41) is 0. The Morgan fingerprint density at radius 2 is 1.00 bits per heavy atom. The first kappa shape index (κ1) is 26.7. The Kier molecular flexibility index (Phi) is 12.2. The Hall–Kier alpha value is -2.87. The van der Waals surface area contributed by atoms with Gasteiger partial charge in [-0.05, 0) is 66.9 Å². The molecule has 0 amide bonds. The Morgan fingerprint density at radius 1 is 0.543 bits per heavy atom. The number of aryl methyl sites for hydroxylation is 1. The molecular weight excluding hydrogens is 426 g/mol. The lowest BCUT2D eigenvalue weighted by molar-refractivity contribution is 0.112. The van der Waals surface area contributed by atoms with Crippen molar-refractivity contribution in [3.8, 4) is 0 Å². The van der Waals surface area contributed by atoms with E-state index < -0.39 is 0 Å². The molecule has 3 aromatic carbocycles. The Labute approximate surface area is 213 Å². The van der Waals surface area contributed by atoms with Crippen LogP contribution < -0.4 is 4.90 Å². The van der Waals surface area contributed by atoms with Gasteiger partial charge in [-0.2, -0.15) is 0 Å². The van der Waals surface area contributed by atoms with E-state index in [-0.39, 0.29) is 0 Å². The van der Waals surface area contributed by atoms with Crippen LogP contribution >= 0.6 is 0 Å². The lowest BCUT2D eigenvalue weighted by atomic mass is 10.0. The van der Waals surface area contributed by atoms with Gasteiger partial charge in [0.15, 0.2) is 0 Å². The number of hydrogen-bond donors (Lipinski definition) is 0. The number of unbranched alkanes of at least 4 members (excludes halogenated alkanes) is 11. The topological polar surface area (TPSA) is 20.3 Å². The number of rotatable bonds is 17. The summed E-state index contributed by atoms with van der Waals surface area (Å²) in [5.74, 6) is 0. The van der Waals surface area contributed by atoms with E-state index in [1.165, 1.54) is 82.6 Å². The summed E-state index contributed by atoms with van der Waals surface area (Å²) < 4.78 is 0. The third-order valence-corrected chi connectivity index (χ3v) is 6.82. The van der Waals surface area contributed by atoms with E-state index in [2.05, 4.69) is 60.4 Å². The summed E-state index contributed by atoms with van der Waals surface area (Å²) in [6, 6.07) is 27.1. The standard InChI is InChI=1S/C33H43NO/c1-2-3-4-5-6-7-8-9-10-11-12-14-17-29-20-24-32(25-21-29)34(31-18-15-13-16-19-31)33-26-22-30(28-35)23-27-33/h13,15-16,18-28H,2-12,14,17H2,1H3. The molecule has 0 atom stereocenters. The Morgan fingerprint density at radius 3 is 1.51 bits per heavy atom. The van der Waals surface area contributed by atoms with Crippen LogP contribution in [0.2, 0.25) is 0 Å². The molecule has 186 valence electrons. The maximum absolute atomic E-state index is 11.1. The van der Waals surface area contributed by atoms with Crippen LogP contribution in [0.15, 0.2) is 78.9 Å². The largest absolute Gasteiger partial charge is 0.311 e. The van der Waals surface area contributed by atoms with Gasteiger partial charge in [0, 0.05) is 22.6 Å². The lowest BCUT2D eigenvalue weighted by Crippen LogP contribution is -2.09. The van der Waals surface area contributed by atoms with Gasteiger partial charge in [-0.3, -0.25) is 4.79 Å². The molecule has 0 heterocycles. The molecule has 0 saturated carbocycles. The summed E-state index contributed by atoms with van der Waals surface area (Å²) in [6.07, 6.45) is 18.7. The molecular formula is C33H43NO. The number of para-hydroxylation sites is 1. The van der Waals surface area contributed by atoms with Crippen molar-refractivity contribution in [1.82, 2.24) is 0 Å². The molecule has 2 heteroatoms. The van der Waals surface area contributed by atoms with E-state index in [9.17, 15) is 4.79 Å². The first-order valence-electron chi connectivity index (χ1n) is 13.8. The number of anilines is 3. The molecule has 0 aliphatic carbocycles. The number of benzene rings is 3. The number of hydrogen-bond acceptors (Lipinski definition) is 2. The minimum atomic E-state index is 0.694. The van der Waals surface area contributed by atoms with Crippen LogP contribution in [-0.4, -0.2) is 6.29 Å². The molecule has 3 rings (SSSR count). The number of carbonyl (C=O) groups excluding carboxylic acids is 1. The second-order valence-electron chi connectivity index (χ2n) is 9.69. The van der Waals surface area contributed by atoms with Gasteiger partial charge < -0.3 is 4.90 Å². The zero-order chi connectivity index (χ0) is 24.6. The molecule has 0 saturated heterocycles. The SMILES string of the molecule is CCCCCCCCCCCCCCc1ccc(N(c2ccccc2)c2ccc(C=O)cc2)cc1. The first-order valence-corrected chi connectivity index (χ1v) is 13.8. The van der Waals surface area contributed by atoms with Crippen LogP contribution in [0, 0.1) is 0 Å². The van der Waals surface area contributed by atoms with E-state index in [4.69, 9.17) is 0 Å². The normalized spacial score (nSPS) is 10.9. The maximum atomic E-state index is 11.1. The highest BCUT2D eigenvalue weighted by Gasteiger charge is 2.12.